The van der Waals surface area contributed by atoms with Gasteiger partial charge in [-0.1, -0.05) is 19.9 Å². The van der Waals surface area contributed by atoms with Gasteiger partial charge >= 0.3 is 0 Å². The van der Waals surface area contributed by atoms with Crippen LogP contribution in [-0.4, -0.2) is 18.3 Å². The van der Waals surface area contributed by atoms with Crippen molar-refractivity contribution in [2.75, 3.05) is 7.11 Å². The van der Waals surface area contributed by atoms with E-state index in [1.807, 2.05) is 13.8 Å². The van der Waals surface area contributed by atoms with Gasteiger partial charge in [0.25, 0.3) is 0 Å². The highest BCUT2D eigenvalue weighted by molar-refractivity contribution is 5.28. The molecule has 0 amide bonds. The fraction of sp³-hybridized carbons (Fsp3) is 0.538. The van der Waals surface area contributed by atoms with Gasteiger partial charge in [0, 0.05) is 6.07 Å². The van der Waals surface area contributed by atoms with Gasteiger partial charge in [-0.3, -0.25) is 0 Å². The zero-order chi connectivity index (χ0) is 12.1. The Morgan fingerprint density at radius 3 is 2.56 bits per heavy atom. The molecular formula is C13H19FO2. The summed E-state index contributed by atoms with van der Waals surface area (Å²) in [5, 5.41) is 9.63. The quantitative estimate of drug-likeness (QED) is 0.836. The third kappa shape index (κ3) is 3.49. The van der Waals surface area contributed by atoms with Crippen LogP contribution in [0.5, 0.6) is 5.75 Å². The van der Waals surface area contributed by atoms with E-state index in [1.54, 1.807) is 12.1 Å². The molecule has 90 valence electrons. The topological polar surface area (TPSA) is 29.5 Å². The fourth-order valence-corrected chi connectivity index (χ4v) is 1.49. The third-order valence-corrected chi connectivity index (χ3v) is 2.74. The monoisotopic (exact) mass is 226 g/mol. The molecule has 0 fully saturated rings. The van der Waals surface area contributed by atoms with Crippen LogP contribution in [0.1, 0.15) is 25.8 Å². The van der Waals surface area contributed by atoms with Crippen LogP contribution in [0.2, 0.25) is 0 Å². The van der Waals surface area contributed by atoms with Crippen molar-refractivity contribution in [2.45, 2.75) is 32.8 Å². The molecule has 1 N–H and O–H groups in total. The molecule has 0 saturated carbocycles. The van der Waals surface area contributed by atoms with Crippen LogP contribution in [0.15, 0.2) is 18.2 Å². The van der Waals surface area contributed by atoms with Crippen molar-refractivity contribution in [3.05, 3.63) is 29.6 Å². The number of aryl methyl sites for hydroxylation is 1. The van der Waals surface area contributed by atoms with Gasteiger partial charge in [0.05, 0.1) is 13.2 Å². The lowest BCUT2D eigenvalue weighted by atomic mass is 9.99. The van der Waals surface area contributed by atoms with Crippen LogP contribution in [0, 0.1) is 11.7 Å². The SMILES string of the molecule is COc1ccc(CCC(O)C(C)C)c(F)c1. The van der Waals surface area contributed by atoms with E-state index in [0.717, 1.165) is 0 Å². The molecule has 0 aliphatic carbocycles. The first-order valence-corrected chi connectivity index (χ1v) is 5.55. The highest BCUT2D eigenvalue weighted by atomic mass is 19.1. The molecule has 0 aliphatic heterocycles. The highest BCUT2D eigenvalue weighted by Gasteiger charge is 2.11. The minimum atomic E-state index is -0.374. The Hall–Kier alpha value is -1.09. The third-order valence-electron chi connectivity index (χ3n) is 2.74. The van der Waals surface area contributed by atoms with E-state index in [1.165, 1.54) is 13.2 Å². The van der Waals surface area contributed by atoms with Crippen molar-refractivity contribution < 1.29 is 14.2 Å². The number of aliphatic hydroxyl groups excluding tert-OH is 1. The maximum absolute atomic E-state index is 13.5. The summed E-state index contributed by atoms with van der Waals surface area (Å²) in [6.07, 6.45) is 0.761. The van der Waals surface area contributed by atoms with Gasteiger partial charge in [0.1, 0.15) is 11.6 Å². The highest BCUT2D eigenvalue weighted by Crippen LogP contribution is 2.19. The lowest BCUT2D eigenvalue weighted by Gasteiger charge is -2.14. The maximum atomic E-state index is 13.5. The Bertz CT molecular complexity index is 337. The number of benzene rings is 1. The fourth-order valence-electron chi connectivity index (χ4n) is 1.49. The molecule has 0 saturated heterocycles. The minimum absolute atomic E-state index is 0.210. The number of halogens is 1. The minimum Gasteiger partial charge on any atom is -0.497 e. The lowest BCUT2D eigenvalue weighted by molar-refractivity contribution is 0.116. The van der Waals surface area contributed by atoms with E-state index in [0.29, 0.717) is 24.2 Å². The Morgan fingerprint density at radius 1 is 1.38 bits per heavy atom. The predicted octanol–water partition coefficient (Wildman–Crippen LogP) is 2.78. The van der Waals surface area contributed by atoms with Crippen LogP contribution >= 0.6 is 0 Å². The molecule has 1 rings (SSSR count). The number of rotatable bonds is 5. The Balaban J connectivity index is 2.61. The van der Waals surface area contributed by atoms with E-state index < -0.39 is 0 Å². The second-order valence-corrected chi connectivity index (χ2v) is 4.31. The van der Waals surface area contributed by atoms with Crippen molar-refractivity contribution >= 4 is 0 Å². The number of aliphatic hydroxyl groups is 1. The number of methoxy groups -OCH3 is 1. The molecule has 0 aliphatic rings. The summed E-state index contributed by atoms with van der Waals surface area (Å²) >= 11 is 0. The number of hydrogen-bond donors (Lipinski definition) is 1. The smallest absolute Gasteiger partial charge is 0.130 e. The molecule has 0 heterocycles. The maximum Gasteiger partial charge on any atom is 0.130 e. The summed E-state index contributed by atoms with van der Waals surface area (Å²) < 4.78 is 18.5. The average Bonchev–Trinajstić information content (AvgIpc) is 2.26. The normalized spacial score (nSPS) is 12.9. The largest absolute Gasteiger partial charge is 0.497 e. The first kappa shape index (κ1) is 13.0. The second kappa shape index (κ2) is 5.85. The Kier molecular flexibility index (Phi) is 4.74. The summed E-state index contributed by atoms with van der Waals surface area (Å²) in [7, 11) is 1.51. The van der Waals surface area contributed by atoms with Crippen molar-refractivity contribution in [3.8, 4) is 5.75 Å². The summed E-state index contributed by atoms with van der Waals surface area (Å²) in [4.78, 5) is 0. The standard InChI is InChI=1S/C13H19FO2/c1-9(2)13(15)7-5-10-4-6-11(16-3)8-12(10)14/h4,6,8-9,13,15H,5,7H2,1-3H3. The molecule has 1 unspecified atom stereocenters. The summed E-state index contributed by atoms with van der Waals surface area (Å²) in [6.45, 7) is 3.91. The van der Waals surface area contributed by atoms with E-state index in [4.69, 9.17) is 4.74 Å². The Labute approximate surface area is 96.1 Å². The van der Waals surface area contributed by atoms with Crippen molar-refractivity contribution in [2.24, 2.45) is 5.92 Å². The van der Waals surface area contributed by atoms with Gasteiger partial charge in [-0.2, -0.15) is 0 Å². The van der Waals surface area contributed by atoms with E-state index in [9.17, 15) is 9.50 Å². The molecule has 1 aromatic carbocycles. The van der Waals surface area contributed by atoms with Gasteiger partial charge in [-0.25, -0.2) is 4.39 Å². The molecule has 16 heavy (non-hydrogen) atoms. The molecule has 1 atom stereocenters. The number of ether oxygens (including phenoxy) is 1. The van der Waals surface area contributed by atoms with Gasteiger partial charge in [0.15, 0.2) is 0 Å². The lowest BCUT2D eigenvalue weighted by Crippen LogP contribution is -2.15. The number of hydrogen-bond acceptors (Lipinski definition) is 2. The zero-order valence-corrected chi connectivity index (χ0v) is 10.0. The molecule has 1 aromatic rings. The van der Waals surface area contributed by atoms with Crippen LogP contribution in [-0.2, 0) is 6.42 Å². The van der Waals surface area contributed by atoms with Crippen LogP contribution in [0.4, 0.5) is 4.39 Å². The molecule has 3 heteroatoms. The van der Waals surface area contributed by atoms with Crippen LogP contribution in [0.25, 0.3) is 0 Å². The molecule has 2 nitrogen and oxygen atoms in total. The second-order valence-electron chi connectivity index (χ2n) is 4.31. The van der Waals surface area contributed by atoms with Gasteiger partial charge in [-0.15, -0.1) is 0 Å². The predicted molar refractivity (Wildman–Crippen MR) is 62.1 cm³/mol. The molecule has 0 radical (unpaired) electrons. The van der Waals surface area contributed by atoms with E-state index in [-0.39, 0.29) is 17.8 Å². The van der Waals surface area contributed by atoms with Crippen molar-refractivity contribution in [1.29, 1.82) is 0 Å². The van der Waals surface area contributed by atoms with Crippen LogP contribution < -0.4 is 4.74 Å². The van der Waals surface area contributed by atoms with Crippen molar-refractivity contribution in [3.63, 3.8) is 0 Å². The summed E-state index contributed by atoms with van der Waals surface area (Å²) in [5.41, 5.74) is 0.625. The summed E-state index contributed by atoms with van der Waals surface area (Å²) in [5.74, 6) is 0.460. The van der Waals surface area contributed by atoms with Gasteiger partial charge in [0.2, 0.25) is 0 Å². The molecule has 0 spiro atoms. The zero-order valence-electron chi connectivity index (χ0n) is 10.0. The Morgan fingerprint density at radius 2 is 2.06 bits per heavy atom. The molecular weight excluding hydrogens is 207 g/mol. The van der Waals surface area contributed by atoms with Gasteiger partial charge < -0.3 is 9.84 Å². The molecule has 0 bridgehead atoms. The van der Waals surface area contributed by atoms with E-state index in [2.05, 4.69) is 0 Å². The van der Waals surface area contributed by atoms with Crippen molar-refractivity contribution in [1.82, 2.24) is 0 Å². The van der Waals surface area contributed by atoms with Crippen LogP contribution in [0.3, 0.4) is 0 Å². The van der Waals surface area contributed by atoms with E-state index >= 15 is 0 Å². The van der Waals surface area contributed by atoms with Gasteiger partial charge in [-0.05, 0) is 30.4 Å². The average molecular weight is 226 g/mol. The summed E-state index contributed by atoms with van der Waals surface area (Å²) in [6, 6.07) is 4.82. The molecule has 0 aromatic heterocycles. The first-order chi connectivity index (χ1) is 7.54. The first-order valence-electron chi connectivity index (χ1n) is 5.55.